The number of hydrogen-bond donors (Lipinski definition) is 1. The average Bonchev–Trinajstić information content (AvgIpc) is 2.41. The molecule has 0 bridgehead atoms. The van der Waals surface area contributed by atoms with Crippen LogP contribution >= 0.6 is 0 Å². The monoisotopic (exact) mass is 302 g/mol. The number of carboxylic acid groups (broad SMARTS) is 1. The third-order valence-electron chi connectivity index (χ3n) is 2.32. The topological polar surface area (TPSA) is 99.1 Å². The summed E-state index contributed by atoms with van der Waals surface area (Å²) < 4.78 is 14.8. The van der Waals surface area contributed by atoms with Crippen LogP contribution in [-0.4, -0.2) is 49.4 Å². The van der Waals surface area contributed by atoms with Gasteiger partial charge < -0.3 is 19.3 Å². The molecule has 0 spiro atoms. The number of carboxylic acids is 1. The zero-order valence-electron chi connectivity index (χ0n) is 12.3. The maximum Gasteiger partial charge on any atom is 0.333 e. The van der Waals surface area contributed by atoms with Crippen LogP contribution in [0.2, 0.25) is 0 Å². The average molecular weight is 302 g/mol. The van der Waals surface area contributed by atoms with Crippen molar-refractivity contribution in [1.82, 2.24) is 0 Å². The van der Waals surface area contributed by atoms with E-state index >= 15 is 0 Å². The molecule has 0 aromatic heterocycles. The first-order valence-electron chi connectivity index (χ1n) is 6.71. The number of ether oxygens (including phenoxy) is 3. The van der Waals surface area contributed by atoms with Gasteiger partial charge in [0, 0.05) is 18.4 Å². The molecule has 0 unspecified atom stereocenters. The Hall–Kier alpha value is -1.89. The second kappa shape index (κ2) is 11.9. The molecule has 21 heavy (non-hydrogen) atoms. The molecule has 0 aromatic rings. The van der Waals surface area contributed by atoms with Crippen LogP contribution in [-0.2, 0) is 28.6 Å². The number of unbranched alkanes of at least 4 members (excludes halogenated alkanes) is 1. The largest absolute Gasteiger partial charge is 0.481 e. The van der Waals surface area contributed by atoms with Gasteiger partial charge >= 0.3 is 17.9 Å². The summed E-state index contributed by atoms with van der Waals surface area (Å²) in [5, 5.41) is 8.42. The molecule has 0 radical (unpaired) electrons. The first-order valence-corrected chi connectivity index (χ1v) is 6.71. The molecule has 0 amide bonds. The Balaban J connectivity index is 3.34. The van der Waals surface area contributed by atoms with Gasteiger partial charge in [0.1, 0.15) is 13.2 Å². The van der Waals surface area contributed by atoms with Gasteiger partial charge in [0.2, 0.25) is 0 Å². The second-order valence-electron chi connectivity index (χ2n) is 4.35. The number of esters is 2. The van der Waals surface area contributed by atoms with E-state index in [2.05, 4.69) is 6.58 Å². The summed E-state index contributed by atoms with van der Waals surface area (Å²) in [6, 6.07) is 0. The van der Waals surface area contributed by atoms with Gasteiger partial charge in [-0.3, -0.25) is 9.59 Å². The van der Waals surface area contributed by atoms with Crippen molar-refractivity contribution in [3.8, 4) is 0 Å². The van der Waals surface area contributed by atoms with E-state index in [0.717, 1.165) is 0 Å². The molecule has 120 valence electrons. The molecule has 0 saturated carbocycles. The lowest BCUT2D eigenvalue weighted by atomic mass is 10.2. The minimum Gasteiger partial charge on any atom is -0.481 e. The summed E-state index contributed by atoms with van der Waals surface area (Å²) in [7, 11) is 0. The van der Waals surface area contributed by atoms with Crippen molar-refractivity contribution in [3.05, 3.63) is 12.2 Å². The van der Waals surface area contributed by atoms with Gasteiger partial charge in [0.15, 0.2) is 0 Å². The molecule has 0 heterocycles. The molecule has 1 N–H and O–H groups in total. The van der Waals surface area contributed by atoms with Crippen LogP contribution < -0.4 is 0 Å². The molecule has 7 nitrogen and oxygen atoms in total. The first kappa shape index (κ1) is 19.1. The van der Waals surface area contributed by atoms with Crippen LogP contribution in [0.25, 0.3) is 0 Å². The predicted molar refractivity (Wildman–Crippen MR) is 73.7 cm³/mol. The third kappa shape index (κ3) is 12.9. The van der Waals surface area contributed by atoms with Crippen LogP contribution in [0.3, 0.4) is 0 Å². The van der Waals surface area contributed by atoms with E-state index in [1.807, 2.05) is 0 Å². The molecular weight excluding hydrogens is 280 g/mol. The lowest BCUT2D eigenvalue weighted by Gasteiger charge is -2.07. The highest BCUT2D eigenvalue weighted by molar-refractivity contribution is 5.86. The van der Waals surface area contributed by atoms with E-state index < -0.39 is 11.9 Å². The Labute approximate surface area is 123 Å². The molecule has 0 aliphatic carbocycles. The van der Waals surface area contributed by atoms with Crippen molar-refractivity contribution in [1.29, 1.82) is 0 Å². The van der Waals surface area contributed by atoms with Crippen molar-refractivity contribution >= 4 is 17.9 Å². The van der Waals surface area contributed by atoms with Gasteiger partial charge in [-0.2, -0.15) is 0 Å². The SMILES string of the molecule is C=C(C)C(=O)OCCOCCOC(=O)CCCCC(=O)O. The molecule has 0 aliphatic heterocycles. The van der Waals surface area contributed by atoms with E-state index in [9.17, 15) is 14.4 Å². The van der Waals surface area contributed by atoms with E-state index in [4.69, 9.17) is 19.3 Å². The van der Waals surface area contributed by atoms with Gasteiger partial charge in [-0.25, -0.2) is 4.79 Å². The van der Waals surface area contributed by atoms with E-state index in [1.165, 1.54) is 0 Å². The Bertz CT molecular complexity index is 362. The first-order chi connectivity index (χ1) is 9.93. The highest BCUT2D eigenvalue weighted by Gasteiger charge is 2.04. The lowest BCUT2D eigenvalue weighted by molar-refractivity contribution is -0.146. The Morgan fingerprint density at radius 3 is 2.10 bits per heavy atom. The van der Waals surface area contributed by atoms with Gasteiger partial charge in [-0.1, -0.05) is 6.58 Å². The van der Waals surface area contributed by atoms with Crippen LogP contribution in [0.1, 0.15) is 32.6 Å². The molecule has 0 aliphatic rings. The summed E-state index contributed by atoms with van der Waals surface area (Å²) >= 11 is 0. The van der Waals surface area contributed by atoms with Gasteiger partial charge in [-0.05, 0) is 19.8 Å². The fraction of sp³-hybridized carbons (Fsp3) is 0.643. The van der Waals surface area contributed by atoms with Crippen LogP contribution in [0.5, 0.6) is 0 Å². The molecule has 0 rings (SSSR count). The lowest BCUT2D eigenvalue weighted by Crippen LogP contribution is -2.14. The Kier molecular flexibility index (Phi) is 10.8. The number of carbonyl (C=O) groups is 3. The van der Waals surface area contributed by atoms with E-state index in [-0.39, 0.29) is 45.2 Å². The van der Waals surface area contributed by atoms with E-state index in [0.29, 0.717) is 18.4 Å². The maximum atomic E-state index is 11.2. The highest BCUT2D eigenvalue weighted by atomic mass is 16.6. The van der Waals surface area contributed by atoms with Crippen molar-refractivity contribution in [3.63, 3.8) is 0 Å². The van der Waals surface area contributed by atoms with Gasteiger partial charge in [0.05, 0.1) is 13.2 Å². The number of rotatable bonds is 12. The Morgan fingerprint density at radius 1 is 0.952 bits per heavy atom. The van der Waals surface area contributed by atoms with Crippen molar-refractivity contribution in [2.24, 2.45) is 0 Å². The highest BCUT2D eigenvalue weighted by Crippen LogP contribution is 2.01. The summed E-state index contributed by atoms with van der Waals surface area (Å²) in [6.45, 7) is 5.66. The zero-order chi connectivity index (χ0) is 16.1. The molecule has 0 atom stereocenters. The number of carbonyl (C=O) groups excluding carboxylic acids is 2. The Morgan fingerprint density at radius 2 is 1.52 bits per heavy atom. The van der Waals surface area contributed by atoms with Crippen molar-refractivity contribution < 1.29 is 33.7 Å². The zero-order valence-corrected chi connectivity index (χ0v) is 12.3. The smallest absolute Gasteiger partial charge is 0.333 e. The summed E-state index contributed by atoms with van der Waals surface area (Å²) in [5.41, 5.74) is 0.326. The normalized spacial score (nSPS) is 9.95. The molecule has 7 heteroatoms. The minimum atomic E-state index is -0.871. The van der Waals surface area contributed by atoms with Crippen molar-refractivity contribution in [2.75, 3.05) is 26.4 Å². The van der Waals surface area contributed by atoms with Gasteiger partial charge in [0.25, 0.3) is 0 Å². The molecule has 0 fully saturated rings. The van der Waals surface area contributed by atoms with Crippen LogP contribution in [0.15, 0.2) is 12.2 Å². The maximum absolute atomic E-state index is 11.2. The number of aliphatic carboxylic acids is 1. The molecule has 0 aromatic carbocycles. The molecular formula is C14H22O7. The van der Waals surface area contributed by atoms with Crippen molar-refractivity contribution in [2.45, 2.75) is 32.6 Å². The third-order valence-corrected chi connectivity index (χ3v) is 2.32. The van der Waals surface area contributed by atoms with Crippen LogP contribution in [0, 0.1) is 0 Å². The van der Waals surface area contributed by atoms with E-state index in [1.54, 1.807) is 6.92 Å². The number of hydrogen-bond acceptors (Lipinski definition) is 6. The fourth-order valence-corrected chi connectivity index (χ4v) is 1.25. The fourth-order valence-electron chi connectivity index (χ4n) is 1.25. The summed E-state index contributed by atoms with van der Waals surface area (Å²) in [4.78, 5) is 32.5. The molecule has 0 saturated heterocycles. The summed E-state index contributed by atoms with van der Waals surface area (Å²) in [5.74, 6) is -1.71. The quantitative estimate of drug-likeness (QED) is 0.329. The second-order valence-corrected chi connectivity index (χ2v) is 4.35. The standard InChI is InChI=1S/C14H22O7/c1-11(2)14(18)21-10-8-19-7-9-20-13(17)6-4-3-5-12(15)16/h1,3-10H2,2H3,(H,15,16). The van der Waals surface area contributed by atoms with Crippen LogP contribution in [0.4, 0.5) is 0 Å². The predicted octanol–water partition coefficient (Wildman–Crippen LogP) is 1.31. The summed E-state index contributed by atoms with van der Waals surface area (Å²) in [6.07, 6.45) is 1.20. The van der Waals surface area contributed by atoms with Gasteiger partial charge in [-0.15, -0.1) is 0 Å². The minimum absolute atomic E-state index is 0.0549.